The van der Waals surface area contributed by atoms with E-state index in [-0.39, 0.29) is 52.4 Å². The second kappa shape index (κ2) is 6.81. The minimum atomic E-state index is -1.21. The van der Waals surface area contributed by atoms with Gasteiger partial charge in [0.2, 0.25) is 5.79 Å². The number of hydrogen-bond donors (Lipinski definition) is 1. The highest BCUT2D eigenvalue weighted by Gasteiger charge is 2.70. The number of aliphatic hydroxyl groups excluding tert-OH is 1. The maximum atomic E-state index is 12.4. The van der Waals surface area contributed by atoms with E-state index in [1.807, 2.05) is 19.9 Å². The van der Waals surface area contributed by atoms with E-state index in [2.05, 4.69) is 26.8 Å². The Morgan fingerprint density at radius 2 is 1.85 bits per heavy atom. The first-order chi connectivity index (χ1) is 15.5. The van der Waals surface area contributed by atoms with Gasteiger partial charge in [0.1, 0.15) is 6.10 Å². The summed E-state index contributed by atoms with van der Waals surface area (Å²) in [5.74, 6) is 0.146. The highest BCUT2D eigenvalue weighted by atomic mass is 16.7. The van der Waals surface area contributed by atoms with Crippen LogP contribution in [-0.2, 0) is 19.1 Å². The number of rotatable bonds is 0. The third-order valence-electron chi connectivity index (χ3n) is 11.5. The monoisotopic (exact) mass is 454 g/mol. The van der Waals surface area contributed by atoms with Crippen molar-refractivity contribution in [1.82, 2.24) is 0 Å². The van der Waals surface area contributed by atoms with Crippen molar-refractivity contribution in [3.63, 3.8) is 0 Å². The predicted molar refractivity (Wildman–Crippen MR) is 123 cm³/mol. The van der Waals surface area contributed by atoms with E-state index in [9.17, 15) is 14.7 Å². The van der Waals surface area contributed by atoms with E-state index in [4.69, 9.17) is 9.47 Å². The van der Waals surface area contributed by atoms with Crippen LogP contribution in [0, 0.1) is 52.3 Å². The summed E-state index contributed by atoms with van der Waals surface area (Å²) >= 11 is 0. The first-order valence-corrected chi connectivity index (χ1v) is 13.1. The van der Waals surface area contributed by atoms with Crippen LogP contribution in [0.5, 0.6) is 0 Å². The van der Waals surface area contributed by atoms with Gasteiger partial charge < -0.3 is 14.6 Å². The van der Waals surface area contributed by atoms with Crippen LogP contribution in [0.3, 0.4) is 0 Å². The number of fused-ring (bicyclic) bond motifs is 7. The van der Waals surface area contributed by atoms with Gasteiger partial charge in [-0.3, -0.25) is 9.59 Å². The Morgan fingerprint density at radius 3 is 2.55 bits per heavy atom. The summed E-state index contributed by atoms with van der Waals surface area (Å²) in [5.41, 5.74) is 1.40. The van der Waals surface area contributed by atoms with E-state index < -0.39 is 11.9 Å². The average molecular weight is 455 g/mol. The number of hydrogen-bond acceptors (Lipinski definition) is 5. The maximum Gasteiger partial charge on any atom is 0.311 e. The average Bonchev–Trinajstić information content (AvgIpc) is 3.18. The summed E-state index contributed by atoms with van der Waals surface area (Å²) < 4.78 is 12.5. The smallest absolute Gasteiger partial charge is 0.311 e. The molecule has 5 fully saturated rings. The van der Waals surface area contributed by atoms with Crippen molar-refractivity contribution in [1.29, 1.82) is 0 Å². The molecule has 2 aliphatic heterocycles. The van der Waals surface area contributed by atoms with Crippen molar-refractivity contribution in [2.45, 2.75) is 84.7 Å². The minimum Gasteiger partial charge on any atom is -0.430 e. The van der Waals surface area contributed by atoms with Gasteiger partial charge in [-0.25, -0.2) is 0 Å². The Balaban J connectivity index is 1.34. The number of esters is 1. The van der Waals surface area contributed by atoms with Crippen LogP contribution < -0.4 is 0 Å². The lowest BCUT2D eigenvalue weighted by Crippen LogP contribution is -2.62. The summed E-state index contributed by atoms with van der Waals surface area (Å²) in [7, 11) is 0. The Bertz CT molecular complexity index is 967. The van der Waals surface area contributed by atoms with Crippen LogP contribution >= 0.6 is 0 Å². The van der Waals surface area contributed by atoms with Crippen molar-refractivity contribution in [2.75, 3.05) is 0 Å². The molecule has 0 amide bonds. The van der Waals surface area contributed by atoms with Crippen LogP contribution in [-0.4, -0.2) is 34.9 Å². The molecule has 0 radical (unpaired) electrons. The molecule has 6 aliphatic rings. The molecule has 33 heavy (non-hydrogen) atoms. The molecule has 2 saturated heterocycles. The molecule has 0 aromatic carbocycles. The summed E-state index contributed by atoms with van der Waals surface area (Å²) in [6, 6.07) is 0. The maximum absolute atomic E-state index is 12.4. The molecule has 180 valence electrons. The molecule has 5 heteroatoms. The lowest BCUT2D eigenvalue weighted by atomic mass is 9.47. The predicted octanol–water partition coefficient (Wildman–Crippen LogP) is 4.44. The van der Waals surface area contributed by atoms with Gasteiger partial charge in [-0.05, 0) is 79.3 Å². The first kappa shape index (κ1) is 22.0. The third-order valence-corrected chi connectivity index (χ3v) is 11.5. The van der Waals surface area contributed by atoms with Gasteiger partial charge in [-0.2, -0.15) is 0 Å². The van der Waals surface area contributed by atoms with Gasteiger partial charge in [0, 0.05) is 11.3 Å². The van der Waals surface area contributed by atoms with Crippen molar-refractivity contribution in [2.24, 2.45) is 52.3 Å². The molecule has 5 nitrogen and oxygen atoms in total. The second-order valence-electron chi connectivity index (χ2n) is 12.6. The number of carbonyl (C=O) groups excluding carboxylic acids is 2. The van der Waals surface area contributed by atoms with Gasteiger partial charge in [0.15, 0.2) is 5.78 Å². The molecule has 12 unspecified atom stereocenters. The van der Waals surface area contributed by atoms with Gasteiger partial charge in [-0.1, -0.05) is 46.3 Å². The lowest BCUT2D eigenvalue weighted by molar-refractivity contribution is -0.336. The summed E-state index contributed by atoms with van der Waals surface area (Å²) in [5, 5.41) is 11.5. The normalized spacial score (nSPS) is 57.2. The zero-order valence-electron chi connectivity index (χ0n) is 20.5. The molecule has 1 N–H and O–H groups in total. The molecule has 1 spiro atoms. The Hall–Kier alpha value is -1.46. The first-order valence-electron chi connectivity index (χ1n) is 13.1. The van der Waals surface area contributed by atoms with E-state index in [1.165, 1.54) is 5.57 Å². The molecule has 6 rings (SSSR count). The molecule has 0 bridgehead atoms. The second-order valence-corrected chi connectivity index (χ2v) is 12.6. The summed E-state index contributed by atoms with van der Waals surface area (Å²) in [4.78, 5) is 24.5. The third kappa shape index (κ3) is 2.61. The number of aliphatic hydroxyl groups is 1. The number of ketones is 1. The van der Waals surface area contributed by atoms with Crippen molar-refractivity contribution in [3.8, 4) is 0 Å². The summed E-state index contributed by atoms with van der Waals surface area (Å²) in [6.07, 6.45) is 10.4. The Morgan fingerprint density at radius 1 is 1.09 bits per heavy atom. The Labute approximate surface area is 197 Å². The van der Waals surface area contributed by atoms with Crippen LogP contribution in [0.25, 0.3) is 0 Å². The fourth-order valence-electron chi connectivity index (χ4n) is 9.51. The van der Waals surface area contributed by atoms with Crippen LogP contribution in [0.15, 0.2) is 23.8 Å². The minimum absolute atomic E-state index is 0.00548. The van der Waals surface area contributed by atoms with Crippen LogP contribution in [0.4, 0.5) is 0 Å². The molecular weight excluding hydrogens is 416 g/mol. The van der Waals surface area contributed by atoms with Crippen LogP contribution in [0.2, 0.25) is 0 Å². The molecule has 12 atom stereocenters. The molecule has 0 aromatic heterocycles. The van der Waals surface area contributed by atoms with E-state index in [0.717, 1.165) is 32.1 Å². The summed E-state index contributed by atoms with van der Waals surface area (Å²) in [6.45, 7) is 10.8. The van der Waals surface area contributed by atoms with Gasteiger partial charge in [0.05, 0.1) is 12.0 Å². The van der Waals surface area contributed by atoms with Crippen molar-refractivity contribution in [3.05, 3.63) is 23.8 Å². The van der Waals surface area contributed by atoms with Gasteiger partial charge in [-0.15, -0.1) is 0 Å². The Kier molecular flexibility index (Phi) is 4.55. The fraction of sp³-hybridized carbons (Fsp3) is 0.786. The van der Waals surface area contributed by atoms with Crippen molar-refractivity contribution < 1.29 is 24.2 Å². The number of carbonyl (C=O) groups is 2. The lowest BCUT2D eigenvalue weighted by Gasteiger charge is -2.58. The van der Waals surface area contributed by atoms with E-state index in [0.29, 0.717) is 17.8 Å². The van der Waals surface area contributed by atoms with Gasteiger partial charge in [0.25, 0.3) is 0 Å². The fourth-order valence-corrected chi connectivity index (χ4v) is 9.51. The number of allylic oxidation sites excluding steroid dienone is 4. The molecular formula is C28H38O5. The molecule has 2 heterocycles. The molecule has 3 saturated carbocycles. The zero-order chi connectivity index (χ0) is 23.5. The highest BCUT2D eigenvalue weighted by Crippen LogP contribution is 2.69. The van der Waals surface area contributed by atoms with E-state index in [1.54, 1.807) is 6.08 Å². The van der Waals surface area contributed by atoms with Gasteiger partial charge >= 0.3 is 5.97 Å². The van der Waals surface area contributed by atoms with Crippen molar-refractivity contribution >= 4 is 11.8 Å². The molecule has 4 aliphatic carbocycles. The SMILES string of the molecule is CC1C(=O)OC2(OC3CC4C5CCC6=CC(=O)C=CC6(C)C5CCC4(C)C3C(C)C2O)C1C. The van der Waals surface area contributed by atoms with Crippen LogP contribution in [0.1, 0.15) is 66.7 Å². The standard InChI is InChI=1S/C28H38O5/c1-14-16(3)28(33-25(14)31)24(30)15(2)23-22(32-28)13-21-19-7-6-17-12-18(29)8-10-26(17,4)20(19)9-11-27(21,23)5/h8,10,12,14-16,19-24,30H,6-7,9,11,13H2,1-5H3. The van der Waals surface area contributed by atoms with E-state index >= 15 is 0 Å². The zero-order valence-corrected chi connectivity index (χ0v) is 20.5. The molecule has 0 aromatic rings. The topological polar surface area (TPSA) is 72.8 Å². The number of ether oxygens (including phenoxy) is 2. The largest absolute Gasteiger partial charge is 0.430 e. The quantitative estimate of drug-likeness (QED) is 0.548. The highest BCUT2D eigenvalue weighted by molar-refractivity contribution is 6.01.